The number of ether oxygens (including phenoxy) is 1. The zero-order valence-electron chi connectivity index (χ0n) is 11.7. The van der Waals surface area contributed by atoms with Crippen molar-refractivity contribution in [2.45, 2.75) is 20.3 Å². The number of rotatable bonds is 4. The summed E-state index contributed by atoms with van der Waals surface area (Å²) < 4.78 is 31.1. The summed E-state index contributed by atoms with van der Waals surface area (Å²) in [4.78, 5) is 20.0. The van der Waals surface area contributed by atoms with Gasteiger partial charge in [-0.3, -0.25) is 0 Å². The van der Waals surface area contributed by atoms with Gasteiger partial charge in [0.05, 0.1) is 17.9 Å². The third-order valence-corrected chi connectivity index (χ3v) is 2.88. The summed E-state index contributed by atoms with van der Waals surface area (Å²) in [7, 11) is 0. The Kier molecular flexibility index (Phi) is 4.57. The van der Waals surface area contributed by atoms with Crippen molar-refractivity contribution in [2.24, 2.45) is 0 Å². The molecule has 21 heavy (non-hydrogen) atoms. The molecule has 0 unspecified atom stereocenters. The molecule has 0 fully saturated rings. The Morgan fingerprint density at radius 1 is 1.24 bits per heavy atom. The maximum Gasteiger partial charge on any atom is 0.341 e. The first-order valence-electron chi connectivity index (χ1n) is 6.55. The Morgan fingerprint density at radius 3 is 2.62 bits per heavy atom. The van der Waals surface area contributed by atoms with Crippen LogP contribution in [0.25, 0.3) is 11.4 Å². The van der Waals surface area contributed by atoms with Crippen LogP contribution in [0, 0.1) is 11.6 Å². The average Bonchev–Trinajstić information content (AvgIpc) is 2.49. The zero-order valence-corrected chi connectivity index (χ0v) is 11.7. The van der Waals surface area contributed by atoms with Gasteiger partial charge in [-0.05, 0) is 31.5 Å². The first-order valence-corrected chi connectivity index (χ1v) is 6.55. The van der Waals surface area contributed by atoms with Crippen LogP contribution >= 0.6 is 0 Å². The maximum atomic E-state index is 13.3. The van der Waals surface area contributed by atoms with Gasteiger partial charge < -0.3 is 4.74 Å². The normalized spacial score (nSPS) is 10.5. The summed E-state index contributed by atoms with van der Waals surface area (Å²) in [5, 5.41) is 0. The van der Waals surface area contributed by atoms with E-state index in [-0.39, 0.29) is 18.0 Å². The van der Waals surface area contributed by atoms with E-state index < -0.39 is 17.6 Å². The Labute approximate surface area is 120 Å². The first kappa shape index (κ1) is 15.0. The molecule has 0 atom stereocenters. The molecule has 1 aromatic carbocycles. The second-order valence-corrected chi connectivity index (χ2v) is 4.26. The van der Waals surface area contributed by atoms with E-state index in [4.69, 9.17) is 4.74 Å². The van der Waals surface area contributed by atoms with Gasteiger partial charge >= 0.3 is 5.97 Å². The minimum atomic E-state index is -0.969. The van der Waals surface area contributed by atoms with Gasteiger partial charge in [0.15, 0.2) is 17.5 Å². The molecule has 1 heterocycles. The number of benzene rings is 1. The zero-order chi connectivity index (χ0) is 15.4. The van der Waals surface area contributed by atoms with E-state index >= 15 is 0 Å². The predicted molar refractivity (Wildman–Crippen MR) is 72.7 cm³/mol. The molecule has 2 rings (SSSR count). The van der Waals surface area contributed by atoms with Crippen LogP contribution in [0.15, 0.2) is 24.4 Å². The largest absolute Gasteiger partial charge is 0.462 e. The topological polar surface area (TPSA) is 52.1 Å². The standard InChI is InChI=1S/C15H14F2N2O2/c1-3-13-10(15(20)21-4-2)8-18-14(19-13)9-5-6-11(16)12(17)7-9/h5-8H,3-4H2,1-2H3. The fourth-order valence-corrected chi connectivity index (χ4v) is 1.84. The smallest absolute Gasteiger partial charge is 0.341 e. The molecule has 0 radical (unpaired) electrons. The van der Waals surface area contributed by atoms with Gasteiger partial charge in [-0.15, -0.1) is 0 Å². The van der Waals surface area contributed by atoms with Crippen LogP contribution < -0.4 is 0 Å². The van der Waals surface area contributed by atoms with Gasteiger partial charge in [-0.2, -0.15) is 0 Å². The number of aryl methyl sites for hydroxylation is 1. The molecule has 0 saturated carbocycles. The van der Waals surface area contributed by atoms with E-state index in [9.17, 15) is 13.6 Å². The fraction of sp³-hybridized carbons (Fsp3) is 0.267. The number of carbonyl (C=O) groups excluding carboxylic acids is 1. The van der Waals surface area contributed by atoms with E-state index in [1.54, 1.807) is 6.92 Å². The summed E-state index contributed by atoms with van der Waals surface area (Å²) in [6.45, 7) is 3.80. The van der Waals surface area contributed by atoms with Crippen molar-refractivity contribution in [3.05, 3.63) is 47.3 Å². The number of hydrogen-bond acceptors (Lipinski definition) is 4. The summed E-state index contributed by atoms with van der Waals surface area (Å²) in [5.41, 5.74) is 1.13. The first-order chi connectivity index (χ1) is 10.1. The molecule has 0 N–H and O–H groups in total. The SMILES string of the molecule is CCOC(=O)c1cnc(-c2ccc(F)c(F)c2)nc1CC. The van der Waals surface area contributed by atoms with Crippen molar-refractivity contribution in [3.8, 4) is 11.4 Å². The lowest BCUT2D eigenvalue weighted by Crippen LogP contribution is -2.11. The molecule has 0 amide bonds. The molecule has 2 aromatic rings. The van der Waals surface area contributed by atoms with E-state index in [2.05, 4.69) is 9.97 Å². The third-order valence-electron chi connectivity index (χ3n) is 2.88. The van der Waals surface area contributed by atoms with E-state index in [0.29, 0.717) is 17.7 Å². The molecule has 0 bridgehead atoms. The van der Waals surface area contributed by atoms with Gasteiger partial charge in [-0.25, -0.2) is 23.5 Å². The lowest BCUT2D eigenvalue weighted by atomic mass is 10.1. The molecule has 6 heteroatoms. The molecular formula is C15H14F2N2O2. The number of esters is 1. The summed E-state index contributed by atoms with van der Waals surface area (Å²) in [5.74, 6) is -2.16. The summed E-state index contributed by atoms with van der Waals surface area (Å²) in [6.07, 6.45) is 1.84. The highest BCUT2D eigenvalue weighted by molar-refractivity contribution is 5.90. The average molecular weight is 292 g/mol. The van der Waals surface area contributed by atoms with Gasteiger partial charge in [0.2, 0.25) is 0 Å². The van der Waals surface area contributed by atoms with Crippen LogP contribution in [0.2, 0.25) is 0 Å². The van der Waals surface area contributed by atoms with Crippen molar-refractivity contribution < 1.29 is 18.3 Å². The quantitative estimate of drug-likeness (QED) is 0.812. The van der Waals surface area contributed by atoms with E-state index in [0.717, 1.165) is 12.1 Å². The second-order valence-electron chi connectivity index (χ2n) is 4.26. The molecule has 4 nitrogen and oxygen atoms in total. The minimum Gasteiger partial charge on any atom is -0.462 e. The van der Waals surface area contributed by atoms with Gasteiger partial charge in [0, 0.05) is 11.8 Å². The fourth-order valence-electron chi connectivity index (χ4n) is 1.84. The van der Waals surface area contributed by atoms with Crippen LogP contribution in [0.5, 0.6) is 0 Å². The molecule has 0 aliphatic carbocycles. The van der Waals surface area contributed by atoms with Crippen molar-refractivity contribution in [3.63, 3.8) is 0 Å². The van der Waals surface area contributed by atoms with Crippen molar-refractivity contribution >= 4 is 5.97 Å². The van der Waals surface area contributed by atoms with Crippen LogP contribution in [-0.4, -0.2) is 22.5 Å². The lowest BCUT2D eigenvalue weighted by Gasteiger charge is -2.08. The number of hydrogen-bond donors (Lipinski definition) is 0. The van der Waals surface area contributed by atoms with Crippen molar-refractivity contribution in [1.29, 1.82) is 0 Å². The maximum absolute atomic E-state index is 13.3. The molecule has 0 spiro atoms. The highest BCUT2D eigenvalue weighted by Gasteiger charge is 2.15. The predicted octanol–water partition coefficient (Wildman–Crippen LogP) is 3.16. The van der Waals surface area contributed by atoms with Crippen molar-refractivity contribution in [1.82, 2.24) is 9.97 Å². The van der Waals surface area contributed by atoms with Gasteiger partial charge in [-0.1, -0.05) is 6.92 Å². The Balaban J connectivity index is 2.42. The Bertz CT molecular complexity index is 675. The highest BCUT2D eigenvalue weighted by Crippen LogP contribution is 2.20. The van der Waals surface area contributed by atoms with Crippen LogP contribution in [-0.2, 0) is 11.2 Å². The molecule has 0 aliphatic heterocycles. The van der Waals surface area contributed by atoms with E-state index in [1.807, 2.05) is 6.92 Å². The van der Waals surface area contributed by atoms with E-state index in [1.165, 1.54) is 12.3 Å². The molecule has 0 aliphatic rings. The number of nitrogens with zero attached hydrogens (tertiary/aromatic N) is 2. The molecular weight excluding hydrogens is 278 g/mol. The molecule has 1 aromatic heterocycles. The third kappa shape index (κ3) is 3.21. The Hall–Kier alpha value is -2.37. The lowest BCUT2D eigenvalue weighted by molar-refractivity contribution is 0.0524. The van der Waals surface area contributed by atoms with Crippen LogP contribution in [0.3, 0.4) is 0 Å². The second kappa shape index (κ2) is 6.39. The molecule has 0 saturated heterocycles. The number of halogens is 2. The van der Waals surface area contributed by atoms with Crippen molar-refractivity contribution in [2.75, 3.05) is 6.61 Å². The van der Waals surface area contributed by atoms with Gasteiger partial charge in [0.25, 0.3) is 0 Å². The van der Waals surface area contributed by atoms with Gasteiger partial charge in [0.1, 0.15) is 0 Å². The summed E-state index contributed by atoms with van der Waals surface area (Å²) >= 11 is 0. The molecule has 110 valence electrons. The van der Waals surface area contributed by atoms with Crippen LogP contribution in [0.4, 0.5) is 8.78 Å². The minimum absolute atomic E-state index is 0.235. The monoisotopic (exact) mass is 292 g/mol. The Morgan fingerprint density at radius 2 is 2.00 bits per heavy atom. The number of carbonyl (C=O) groups is 1. The highest BCUT2D eigenvalue weighted by atomic mass is 19.2. The van der Waals surface area contributed by atoms with Crippen LogP contribution in [0.1, 0.15) is 29.9 Å². The summed E-state index contributed by atoms with van der Waals surface area (Å²) in [6, 6.07) is 3.42. The number of aromatic nitrogens is 2.